The predicted molar refractivity (Wildman–Crippen MR) is 227 cm³/mol. The van der Waals surface area contributed by atoms with E-state index < -0.39 is 0 Å². The molecule has 18 heteroatoms. The molecule has 1 amide bonds. The third-order valence-corrected chi connectivity index (χ3v) is 10.2. The number of aromatic nitrogens is 8. The van der Waals surface area contributed by atoms with Gasteiger partial charge in [-0.15, -0.1) is 10.2 Å². The average Bonchev–Trinajstić information content (AvgIpc) is 4.12. The highest BCUT2D eigenvalue weighted by molar-refractivity contribution is 5.72. The summed E-state index contributed by atoms with van der Waals surface area (Å²) in [5.41, 5.74) is 19.2. The lowest BCUT2D eigenvalue weighted by molar-refractivity contribution is 0.0751. The zero-order valence-electron chi connectivity index (χ0n) is 33.2. The van der Waals surface area contributed by atoms with E-state index in [1.165, 1.54) is 14.7 Å². The maximum absolute atomic E-state index is 12.2. The fourth-order valence-corrected chi connectivity index (χ4v) is 7.21. The van der Waals surface area contributed by atoms with Crippen molar-refractivity contribution in [3.63, 3.8) is 0 Å². The number of piperazine rings is 2. The lowest BCUT2D eigenvalue weighted by atomic mass is 10.1. The van der Waals surface area contributed by atoms with Crippen LogP contribution in [-0.4, -0.2) is 109 Å². The molecule has 5 N–H and O–H groups in total. The molecule has 60 heavy (non-hydrogen) atoms. The van der Waals surface area contributed by atoms with Gasteiger partial charge in [-0.05, 0) is 62.4 Å². The number of hydrogen-bond acceptors (Lipinski definition) is 15. The number of furan rings is 2. The highest BCUT2D eigenvalue weighted by Crippen LogP contribution is 2.29. The van der Waals surface area contributed by atoms with Gasteiger partial charge in [0.15, 0.2) is 22.8 Å². The normalized spacial score (nSPS) is 14.5. The second-order valence-corrected chi connectivity index (χ2v) is 14.6. The van der Waals surface area contributed by atoms with Gasteiger partial charge in [0.1, 0.15) is 0 Å². The first-order chi connectivity index (χ1) is 29.3. The highest BCUT2D eigenvalue weighted by atomic mass is 16.6. The summed E-state index contributed by atoms with van der Waals surface area (Å²) in [5.74, 6) is 2.64. The standard InChI is InChI=1S/C23H25N7O3.C19H19N7O/c1-15(2)33-23(31)29-10-8-28(9-11-29)17-6-3-5-16(13-17)18-14-20-26-21(19-7-4-12-32-19)27-30(20)22(24)25-18;20-19-22-15(12-17-23-18(24-26(17)19)16-5-2-10-27-16)13-3-1-4-14(11-13)25-8-6-21-7-9-25/h3-7,12-15H,8-11H2,1-2H3,(H2,24,25);1-5,10-12,21H,6-9H2,(H2,20,22). The van der Waals surface area contributed by atoms with Crippen LogP contribution in [0.15, 0.2) is 106 Å². The number of carbonyl (C=O) groups excluding carboxylic acids is 1. The van der Waals surface area contributed by atoms with Crippen LogP contribution in [0.2, 0.25) is 0 Å². The predicted octanol–water partition coefficient (Wildman–Crippen LogP) is 5.34. The summed E-state index contributed by atoms with van der Waals surface area (Å²) in [6.45, 7) is 10.4. The van der Waals surface area contributed by atoms with Crippen molar-refractivity contribution in [3.05, 3.63) is 97.5 Å². The SMILES string of the molecule is CC(C)OC(=O)N1CCN(c2cccc(-c3cc4nc(-c5ccco5)nn4c(N)n3)c2)CC1.Nc1nc(-c2cccc(N3CCNCC3)c2)cc2nc(-c3ccco3)nn12. The summed E-state index contributed by atoms with van der Waals surface area (Å²) in [6.07, 6.45) is 2.79. The summed E-state index contributed by atoms with van der Waals surface area (Å²) < 4.78 is 19.1. The Hall–Kier alpha value is -7.47. The smallest absolute Gasteiger partial charge is 0.410 e. The fraction of sp³-hybridized carbons (Fsp3) is 0.262. The van der Waals surface area contributed by atoms with Crippen LogP contribution in [0.3, 0.4) is 0 Å². The van der Waals surface area contributed by atoms with E-state index in [0.29, 0.717) is 59.2 Å². The van der Waals surface area contributed by atoms with Crippen LogP contribution in [-0.2, 0) is 4.74 Å². The van der Waals surface area contributed by atoms with E-state index >= 15 is 0 Å². The molecular formula is C42H44N14O4. The molecular weight excluding hydrogens is 765 g/mol. The third kappa shape index (κ3) is 7.99. The van der Waals surface area contributed by atoms with Crippen molar-refractivity contribution in [1.82, 2.24) is 49.4 Å². The number of nitrogen functional groups attached to an aromatic ring is 2. The number of ether oxygens (including phenoxy) is 1. The molecule has 2 aromatic carbocycles. The lowest BCUT2D eigenvalue weighted by Crippen LogP contribution is -2.49. The number of benzene rings is 2. The molecule has 2 fully saturated rings. The Labute approximate surface area is 344 Å². The second-order valence-electron chi connectivity index (χ2n) is 14.6. The molecule has 18 nitrogen and oxygen atoms in total. The molecule has 0 saturated carbocycles. The molecule has 0 unspecified atom stereocenters. The molecule has 0 radical (unpaired) electrons. The maximum Gasteiger partial charge on any atom is 0.410 e. The Kier molecular flexibility index (Phi) is 10.4. The Balaban J connectivity index is 0.000000157. The lowest BCUT2D eigenvalue weighted by Gasteiger charge is -2.36. The molecule has 0 atom stereocenters. The summed E-state index contributed by atoms with van der Waals surface area (Å²) >= 11 is 0. The van der Waals surface area contributed by atoms with Gasteiger partial charge < -0.3 is 45.1 Å². The molecule has 2 aliphatic heterocycles. The van der Waals surface area contributed by atoms with E-state index in [1.807, 2.05) is 56.3 Å². The quantitative estimate of drug-likeness (QED) is 0.185. The van der Waals surface area contributed by atoms with Crippen LogP contribution in [0.25, 0.3) is 57.0 Å². The van der Waals surface area contributed by atoms with E-state index in [-0.39, 0.29) is 18.1 Å². The minimum absolute atomic E-state index is 0.120. The van der Waals surface area contributed by atoms with Gasteiger partial charge in [-0.1, -0.05) is 24.3 Å². The van der Waals surface area contributed by atoms with E-state index in [0.717, 1.165) is 61.8 Å². The van der Waals surface area contributed by atoms with E-state index in [2.05, 4.69) is 69.5 Å². The Bertz CT molecular complexity index is 2730. The van der Waals surface area contributed by atoms with E-state index in [4.69, 9.17) is 25.0 Å². The first-order valence-electron chi connectivity index (χ1n) is 19.8. The van der Waals surface area contributed by atoms with Crippen LogP contribution in [0.1, 0.15) is 13.8 Å². The van der Waals surface area contributed by atoms with Crippen molar-refractivity contribution in [2.75, 3.05) is 73.6 Å². The Morgan fingerprint density at radius 1 is 0.650 bits per heavy atom. The van der Waals surface area contributed by atoms with Crippen molar-refractivity contribution in [1.29, 1.82) is 0 Å². The molecule has 2 aliphatic rings. The van der Waals surface area contributed by atoms with Crippen molar-refractivity contribution in [2.24, 2.45) is 0 Å². The molecule has 10 rings (SSSR count). The van der Waals surface area contributed by atoms with Gasteiger partial charge in [0.25, 0.3) is 0 Å². The minimum Gasteiger partial charge on any atom is -0.461 e. The number of nitrogens with one attached hydrogen (secondary N) is 1. The molecule has 2 saturated heterocycles. The van der Waals surface area contributed by atoms with Gasteiger partial charge in [-0.2, -0.15) is 9.03 Å². The van der Waals surface area contributed by atoms with Crippen molar-refractivity contribution >= 4 is 40.7 Å². The zero-order chi connectivity index (χ0) is 41.2. The van der Waals surface area contributed by atoms with Crippen LogP contribution in [0, 0.1) is 0 Å². The van der Waals surface area contributed by atoms with Gasteiger partial charge in [-0.25, -0.2) is 24.7 Å². The molecule has 0 aliphatic carbocycles. The Morgan fingerprint density at radius 3 is 1.62 bits per heavy atom. The second kappa shape index (κ2) is 16.4. The van der Waals surface area contributed by atoms with Crippen molar-refractivity contribution in [2.45, 2.75) is 20.0 Å². The first-order valence-corrected chi connectivity index (χ1v) is 19.8. The third-order valence-electron chi connectivity index (χ3n) is 10.2. The monoisotopic (exact) mass is 808 g/mol. The highest BCUT2D eigenvalue weighted by Gasteiger charge is 2.24. The average molecular weight is 809 g/mol. The van der Waals surface area contributed by atoms with Crippen LogP contribution >= 0.6 is 0 Å². The fourth-order valence-electron chi connectivity index (χ4n) is 7.21. The van der Waals surface area contributed by atoms with Crippen LogP contribution in [0.5, 0.6) is 0 Å². The van der Waals surface area contributed by atoms with Gasteiger partial charge >= 0.3 is 6.09 Å². The topological polar surface area (TPSA) is 213 Å². The molecule has 6 aromatic heterocycles. The number of hydrogen-bond donors (Lipinski definition) is 3. The van der Waals surface area contributed by atoms with Crippen molar-refractivity contribution < 1.29 is 18.4 Å². The number of nitrogens with two attached hydrogens (primary N) is 2. The van der Waals surface area contributed by atoms with Gasteiger partial charge in [0, 0.05) is 87.0 Å². The molecule has 8 aromatic rings. The van der Waals surface area contributed by atoms with Crippen LogP contribution < -0.4 is 26.6 Å². The van der Waals surface area contributed by atoms with E-state index in [1.54, 1.807) is 35.6 Å². The minimum atomic E-state index is -0.256. The number of nitrogens with zero attached hydrogens (tertiary/aromatic N) is 11. The van der Waals surface area contributed by atoms with Gasteiger partial charge in [0.2, 0.25) is 23.5 Å². The number of carbonyl (C=O) groups is 1. The van der Waals surface area contributed by atoms with Crippen LogP contribution in [0.4, 0.5) is 28.1 Å². The summed E-state index contributed by atoms with van der Waals surface area (Å²) in [4.78, 5) is 36.7. The Morgan fingerprint density at radius 2 is 1.15 bits per heavy atom. The number of rotatable bonds is 7. The van der Waals surface area contributed by atoms with E-state index in [9.17, 15) is 4.79 Å². The number of anilines is 4. The largest absolute Gasteiger partial charge is 0.461 e. The molecule has 306 valence electrons. The maximum atomic E-state index is 12.2. The number of amides is 1. The summed E-state index contributed by atoms with van der Waals surface area (Å²) in [6, 6.07) is 27.4. The van der Waals surface area contributed by atoms with Crippen molar-refractivity contribution in [3.8, 4) is 45.7 Å². The van der Waals surface area contributed by atoms with Gasteiger partial charge in [0.05, 0.1) is 30.0 Å². The first kappa shape index (κ1) is 38.1. The molecule has 8 heterocycles. The zero-order valence-corrected chi connectivity index (χ0v) is 33.2. The summed E-state index contributed by atoms with van der Waals surface area (Å²) in [5, 5.41) is 12.2. The summed E-state index contributed by atoms with van der Waals surface area (Å²) in [7, 11) is 0. The molecule has 0 bridgehead atoms. The van der Waals surface area contributed by atoms with Gasteiger partial charge in [-0.3, -0.25) is 0 Å². The molecule has 0 spiro atoms. The number of fused-ring (bicyclic) bond motifs is 2.